The maximum absolute atomic E-state index is 11.5. The average molecular weight is 832 g/mol. The molecule has 7 nitrogen and oxygen atoms in total. The van der Waals surface area contributed by atoms with Crippen LogP contribution in [0.25, 0.3) is 126 Å². The fraction of sp³-hybridized carbons (Fsp3) is 0.0345. The van der Waals surface area contributed by atoms with Gasteiger partial charge in [0.05, 0.1) is 72.1 Å². The predicted octanol–water partition coefficient (Wildman–Crippen LogP) is 15.1. The first kappa shape index (κ1) is 35.5. The molecule has 0 unspecified atom stereocenters. The van der Waals surface area contributed by atoms with E-state index in [4.69, 9.17) is 8.83 Å². The van der Waals surface area contributed by atoms with Gasteiger partial charge in [0.15, 0.2) is 0 Å². The summed E-state index contributed by atoms with van der Waals surface area (Å²) in [5.74, 6) is 0. The Hall–Kier alpha value is -9.04. The van der Waals surface area contributed by atoms with E-state index in [9.17, 15) is 10.5 Å². The molecule has 0 saturated carbocycles. The van der Waals surface area contributed by atoms with Crippen LogP contribution in [0.15, 0.2) is 173 Å². The molecule has 0 saturated heterocycles. The second-order valence-electron chi connectivity index (χ2n) is 17.2. The molecule has 0 atom stereocenters. The molecule has 0 bridgehead atoms. The first-order valence-corrected chi connectivity index (χ1v) is 21.7. The number of aryl methyl sites for hydroxylation is 2. The van der Waals surface area contributed by atoms with E-state index >= 15 is 0 Å². The largest absolute Gasteiger partial charge is 0.455 e. The Morgan fingerprint density at radius 1 is 0.354 bits per heavy atom. The predicted molar refractivity (Wildman–Crippen MR) is 263 cm³/mol. The first-order chi connectivity index (χ1) is 32.0. The maximum Gasteiger partial charge on any atom is 0.145 e. The Bertz CT molecular complexity index is 4250. The van der Waals surface area contributed by atoms with Crippen molar-refractivity contribution in [1.82, 2.24) is 13.7 Å². The Kier molecular flexibility index (Phi) is 6.98. The van der Waals surface area contributed by atoms with Gasteiger partial charge >= 0.3 is 0 Å². The van der Waals surface area contributed by atoms with Crippen LogP contribution in [-0.4, -0.2) is 13.7 Å². The second kappa shape index (κ2) is 12.8. The van der Waals surface area contributed by atoms with Gasteiger partial charge in [-0.2, -0.15) is 10.5 Å². The topological polar surface area (TPSA) is 88.6 Å². The van der Waals surface area contributed by atoms with Crippen molar-refractivity contribution in [2.45, 2.75) is 13.8 Å². The van der Waals surface area contributed by atoms with Crippen LogP contribution in [0.1, 0.15) is 22.3 Å². The van der Waals surface area contributed by atoms with Crippen molar-refractivity contribution < 1.29 is 8.83 Å². The van der Waals surface area contributed by atoms with Gasteiger partial charge < -0.3 is 22.5 Å². The van der Waals surface area contributed by atoms with E-state index in [0.717, 1.165) is 120 Å². The van der Waals surface area contributed by atoms with Crippen LogP contribution in [0, 0.1) is 36.5 Å². The minimum atomic E-state index is 0.363. The summed E-state index contributed by atoms with van der Waals surface area (Å²) in [6.45, 7) is 4.24. The zero-order chi connectivity index (χ0) is 43.2. The Morgan fingerprint density at radius 2 is 0.738 bits per heavy atom. The van der Waals surface area contributed by atoms with Crippen molar-refractivity contribution in [2.75, 3.05) is 0 Å². The fourth-order valence-electron chi connectivity index (χ4n) is 10.9. The van der Waals surface area contributed by atoms with Gasteiger partial charge in [-0.05, 0) is 92.7 Å². The summed E-state index contributed by atoms with van der Waals surface area (Å²) < 4.78 is 20.2. The number of hydrogen-bond donors (Lipinski definition) is 0. The number of aromatic nitrogens is 3. The third kappa shape index (κ3) is 4.61. The molecular formula is C58H33N5O2. The highest BCUT2D eigenvalue weighted by molar-refractivity contribution is 6.26. The highest BCUT2D eigenvalue weighted by Crippen LogP contribution is 2.48. The SMILES string of the molecule is Cc1ccc2c(c1)c1cc(C)ccc1n2-c1c(-n2c3ccccc3c3c4oc5ccccc5c4ccc32)c(C#N)cc(C#N)c1-n1c2ccccc2c2c3oc4ccccc4c3ccc21. The fourth-order valence-corrected chi connectivity index (χ4v) is 10.9. The first-order valence-electron chi connectivity index (χ1n) is 21.7. The Morgan fingerprint density at radius 3 is 1.20 bits per heavy atom. The van der Waals surface area contributed by atoms with Gasteiger partial charge in [-0.3, -0.25) is 0 Å². The molecule has 5 aromatic heterocycles. The minimum absolute atomic E-state index is 0.363. The van der Waals surface area contributed by atoms with Gasteiger partial charge in [0.25, 0.3) is 0 Å². The highest BCUT2D eigenvalue weighted by atomic mass is 16.3. The zero-order valence-electron chi connectivity index (χ0n) is 35.1. The molecule has 5 heterocycles. The van der Waals surface area contributed by atoms with Gasteiger partial charge in [-0.1, -0.05) is 96.1 Å². The monoisotopic (exact) mass is 831 g/mol. The molecule has 14 aromatic rings. The van der Waals surface area contributed by atoms with E-state index in [1.165, 1.54) is 0 Å². The van der Waals surface area contributed by atoms with Crippen molar-refractivity contribution in [1.29, 1.82) is 10.5 Å². The highest BCUT2D eigenvalue weighted by Gasteiger charge is 2.31. The Labute approximate surface area is 370 Å². The van der Waals surface area contributed by atoms with Crippen molar-refractivity contribution in [3.8, 4) is 29.2 Å². The van der Waals surface area contributed by atoms with E-state index in [2.05, 4.69) is 149 Å². The van der Waals surface area contributed by atoms with Crippen LogP contribution >= 0.6 is 0 Å². The van der Waals surface area contributed by atoms with Gasteiger partial charge in [0.2, 0.25) is 0 Å². The summed E-state index contributed by atoms with van der Waals surface area (Å²) in [4.78, 5) is 0. The molecule has 0 spiro atoms. The van der Waals surface area contributed by atoms with Crippen LogP contribution in [0.2, 0.25) is 0 Å². The minimum Gasteiger partial charge on any atom is -0.455 e. The Balaban J connectivity index is 1.25. The number of para-hydroxylation sites is 4. The zero-order valence-corrected chi connectivity index (χ0v) is 35.1. The molecule has 0 aliphatic rings. The van der Waals surface area contributed by atoms with E-state index in [1.54, 1.807) is 6.07 Å². The number of nitrogens with zero attached hydrogens (tertiary/aromatic N) is 5. The van der Waals surface area contributed by atoms with Crippen LogP contribution in [-0.2, 0) is 0 Å². The molecule has 0 amide bonds. The van der Waals surface area contributed by atoms with Crippen LogP contribution in [0.3, 0.4) is 0 Å². The van der Waals surface area contributed by atoms with Crippen LogP contribution < -0.4 is 0 Å². The third-order valence-electron chi connectivity index (χ3n) is 13.6. The normalized spacial score (nSPS) is 12.1. The van der Waals surface area contributed by atoms with Crippen LogP contribution in [0.5, 0.6) is 0 Å². The summed E-state index contributed by atoms with van der Waals surface area (Å²) in [6.07, 6.45) is 0. The lowest BCUT2D eigenvalue weighted by molar-refractivity contribution is 0.672. The lowest BCUT2D eigenvalue weighted by atomic mass is 10.0. The molecule has 9 aromatic carbocycles. The number of rotatable bonds is 3. The van der Waals surface area contributed by atoms with Gasteiger partial charge in [0, 0.05) is 43.1 Å². The molecule has 0 radical (unpaired) electrons. The van der Waals surface area contributed by atoms with E-state index in [1.807, 2.05) is 48.5 Å². The molecule has 0 N–H and O–H groups in total. The van der Waals surface area contributed by atoms with E-state index in [-0.39, 0.29) is 0 Å². The van der Waals surface area contributed by atoms with E-state index < -0.39 is 0 Å². The van der Waals surface area contributed by atoms with E-state index in [0.29, 0.717) is 28.2 Å². The molecular weight excluding hydrogens is 799 g/mol. The average Bonchev–Trinajstić information content (AvgIpc) is 4.14. The molecule has 0 aliphatic heterocycles. The summed E-state index contributed by atoms with van der Waals surface area (Å²) >= 11 is 0. The van der Waals surface area contributed by atoms with Crippen molar-refractivity contribution >= 4 is 109 Å². The lowest BCUT2D eigenvalue weighted by Crippen LogP contribution is -2.13. The quantitative estimate of drug-likeness (QED) is 0.177. The van der Waals surface area contributed by atoms with Gasteiger partial charge in [-0.25, -0.2) is 0 Å². The number of hydrogen-bond acceptors (Lipinski definition) is 4. The van der Waals surface area contributed by atoms with Crippen molar-refractivity contribution in [2.24, 2.45) is 0 Å². The molecule has 0 fully saturated rings. The van der Waals surface area contributed by atoms with Crippen molar-refractivity contribution in [3.63, 3.8) is 0 Å². The number of benzene rings is 9. The molecule has 7 heteroatoms. The third-order valence-corrected chi connectivity index (χ3v) is 13.6. The summed E-state index contributed by atoms with van der Waals surface area (Å²) in [5, 5.41) is 33.2. The lowest BCUT2D eigenvalue weighted by Gasteiger charge is -2.24. The standard InChI is InChI=1S/C58H33N5O2/c1-32-19-23-46-42(27-32)43-28-33(2)20-24-47(43)61(46)56-54(62-44-15-7-3-13-40(44)52-48(62)25-21-38-36-11-5-9-17-50(36)64-57(38)52)34(30-59)29-35(31-60)55(56)63-45-16-8-4-14-41(45)53-49(63)26-22-39-37-12-6-10-18-51(37)65-58(39)53/h3-29H,1-2H3. The summed E-state index contributed by atoms with van der Waals surface area (Å²) in [6, 6.07) is 61.7. The van der Waals surface area contributed by atoms with Crippen LogP contribution in [0.4, 0.5) is 0 Å². The second-order valence-corrected chi connectivity index (χ2v) is 17.2. The maximum atomic E-state index is 11.5. The summed E-state index contributed by atoms with van der Waals surface area (Å²) in [7, 11) is 0. The van der Waals surface area contributed by atoms with Gasteiger partial charge in [0.1, 0.15) is 34.5 Å². The molecule has 14 rings (SSSR count). The summed E-state index contributed by atoms with van der Waals surface area (Å²) in [5.41, 5.74) is 13.7. The number of fused-ring (bicyclic) bond motifs is 17. The van der Waals surface area contributed by atoms with Crippen molar-refractivity contribution in [3.05, 3.63) is 186 Å². The number of furan rings is 2. The number of nitriles is 2. The molecule has 302 valence electrons. The molecule has 0 aliphatic carbocycles. The van der Waals surface area contributed by atoms with Gasteiger partial charge in [-0.15, -0.1) is 0 Å². The smallest absolute Gasteiger partial charge is 0.145 e. The molecule has 65 heavy (non-hydrogen) atoms.